The first-order valence-electron chi connectivity index (χ1n) is 2.20. The summed E-state index contributed by atoms with van der Waals surface area (Å²) >= 11 is 3.10. The smallest absolute Gasteiger partial charge is 0.273 e. The molecule has 0 saturated heterocycles. The quantitative estimate of drug-likeness (QED) is 0.387. The van der Waals surface area contributed by atoms with Crippen LogP contribution in [0.4, 0.5) is 4.79 Å². The van der Waals surface area contributed by atoms with E-state index in [1.54, 1.807) is 21.6 Å². The summed E-state index contributed by atoms with van der Waals surface area (Å²) in [5, 5.41) is -0.639. The molecule has 0 radical (unpaired) electrons. The maximum atomic E-state index is 9.09. The number of nitrogens with two attached hydrogens (primary N) is 1. The fourth-order valence-electron chi connectivity index (χ4n) is 0. The molecule has 0 aromatic heterocycles. The van der Waals surface area contributed by atoms with Crippen LogP contribution < -0.4 is 5.73 Å². The molecule has 0 spiro atoms. The summed E-state index contributed by atoms with van der Waals surface area (Å²) in [5.41, 5.74) is 4.34. The monoisotopic (exact) mass is 199 g/mol. The van der Waals surface area contributed by atoms with Gasteiger partial charge in [0, 0.05) is 0 Å². The summed E-state index contributed by atoms with van der Waals surface area (Å²) in [6, 6.07) is 0. The van der Waals surface area contributed by atoms with Crippen LogP contribution in [0.2, 0.25) is 0 Å². The molecule has 0 aromatic carbocycles. The maximum absolute atomic E-state index is 9.09. The van der Waals surface area contributed by atoms with Crippen LogP contribution >= 0.6 is 34.2 Å². The SMILES string of the molecule is C=C.CSSC.NC(=O)S. The van der Waals surface area contributed by atoms with Gasteiger partial charge in [-0.05, 0) is 12.5 Å². The molecule has 62 valence electrons. The Kier molecular flexibility index (Phi) is 38.1. The lowest BCUT2D eigenvalue weighted by molar-refractivity contribution is 0.267. The highest BCUT2D eigenvalue weighted by Gasteiger charge is 1.63. The molecular formula is C5H13NOS3. The zero-order valence-electron chi connectivity index (χ0n) is 6.16. The molecule has 0 unspecified atom stereocenters. The Morgan fingerprint density at radius 3 is 1.50 bits per heavy atom. The van der Waals surface area contributed by atoms with Crippen molar-refractivity contribution in [3.8, 4) is 0 Å². The molecule has 1 amide bonds. The number of hydrogen-bond donors (Lipinski definition) is 2. The van der Waals surface area contributed by atoms with Gasteiger partial charge in [-0.25, -0.2) is 0 Å². The number of carbonyl (C=O) groups excluding carboxylic acids is 1. The van der Waals surface area contributed by atoms with Crippen molar-refractivity contribution in [1.82, 2.24) is 0 Å². The molecule has 0 bridgehead atoms. The van der Waals surface area contributed by atoms with Crippen molar-refractivity contribution in [2.45, 2.75) is 0 Å². The highest BCUT2D eigenvalue weighted by Crippen LogP contribution is 2.09. The third kappa shape index (κ3) is 274. The molecule has 0 rings (SSSR count). The van der Waals surface area contributed by atoms with Gasteiger partial charge in [0.1, 0.15) is 0 Å². The van der Waals surface area contributed by atoms with E-state index in [0.29, 0.717) is 0 Å². The fraction of sp³-hybridized carbons (Fsp3) is 0.400. The summed E-state index contributed by atoms with van der Waals surface area (Å²) in [4.78, 5) is 9.09. The van der Waals surface area contributed by atoms with Crippen molar-refractivity contribution < 1.29 is 4.79 Å². The van der Waals surface area contributed by atoms with Gasteiger partial charge in [-0.3, -0.25) is 4.79 Å². The summed E-state index contributed by atoms with van der Waals surface area (Å²) in [6.07, 6.45) is 4.12. The Hall–Kier alpha value is 0.260. The number of carbonyl (C=O) groups is 1. The molecule has 0 fully saturated rings. The van der Waals surface area contributed by atoms with E-state index >= 15 is 0 Å². The second-order valence-electron chi connectivity index (χ2n) is 0.672. The molecular weight excluding hydrogens is 186 g/mol. The van der Waals surface area contributed by atoms with Gasteiger partial charge in [0.05, 0.1) is 0 Å². The molecule has 10 heavy (non-hydrogen) atoms. The number of thiol groups is 1. The Morgan fingerprint density at radius 2 is 1.50 bits per heavy atom. The third-order valence-electron chi connectivity index (χ3n) is 0.167. The number of rotatable bonds is 1. The van der Waals surface area contributed by atoms with Gasteiger partial charge >= 0.3 is 0 Å². The molecule has 0 heterocycles. The third-order valence-corrected chi connectivity index (χ3v) is 1.50. The van der Waals surface area contributed by atoms with Gasteiger partial charge in [-0.15, -0.1) is 13.2 Å². The topological polar surface area (TPSA) is 43.1 Å². The van der Waals surface area contributed by atoms with Gasteiger partial charge < -0.3 is 5.73 Å². The standard InChI is InChI=1S/C2H6S2.C2H4.CH3NOS/c1-3-4-2;1-2;2-1(3)4/h1-2H3;1-2H2;(H3,2,3,4). The first-order valence-corrected chi connectivity index (χ1v) is 5.61. The van der Waals surface area contributed by atoms with Crippen molar-refractivity contribution >= 4 is 39.5 Å². The predicted octanol–water partition coefficient (Wildman–Crippen LogP) is 2.42. The Balaban J connectivity index is -0.0000000787. The zero-order valence-corrected chi connectivity index (χ0v) is 8.69. The van der Waals surface area contributed by atoms with Gasteiger partial charge in [-0.2, -0.15) is 0 Å². The van der Waals surface area contributed by atoms with Crippen LogP contribution in [-0.2, 0) is 0 Å². The number of primary amides is 1. The number of hydrogen-bond acceptors (Lipinski definition) is 3. The zero-order chi connectivity index (χ0) is 8.99. The maximum Gasteiger partial charge on any atom is 0.273 e. The van der Waals surface area contributed by atoms with Crippen LogP contribution in [-0.4, -0.2) is 17.8 Å². The molecule has 0 aliphatic heterocycles. The molecule has 5 heteroatoms. The first-order chi connectivity index (χ1) is 4.65. The van der Waals surface area contributed by atoms with E-state index in [0.717, 1.165) is 0 Å². The second kappa shape index (κ2) is 22.8. The van der Waals surface area contributed by atoms with Crippen molar-refractivity contribution in [2.24, 2.45) is 5.73 Å². The van der Waals surface area contributed by atoms with Crippen molar-refractivity contribution in [2.75, 3.05) is 12.5 Å². The predicted molar refractivity (Wildman–Crippen MR) is 56.9 cm³/mol. The lowest BCUT2D eigenvalue weighted by Crippen LogP contribution is -1.95. The molecule has 0 aromatic rings. The minimum Gasteiger partial charge on any atom is -0.361 e. The molecule has 0 aliphatic rings. The Labute approximate surface area is 75.8 Å². The van der Waals surface area contributed by atoms with Crippen LogP contribution in [0.15, 0.2) is 13.2 Å². The number of amides is 1. The van der Waals surface area contributed by atoms with E-state index in [2.05, 4.69) is 44.0 Å². The second-order valence-corrected chi connectivity index (χ2v) is 3.78. The summed E-state index contributed by atoms with van der Waals surface area (Å²) in [5.74, 6) is 0. The lowest BCUT2D eigenvalue weighted by Gasteiger charge is -1.69. The Morgan fingerprint density at radius 1 is 1.40 bits per heavy atom. The molecule has 0 saturated carbocycles. The van der Waals surface area contributed by atoms with E-state index in [4.69, 9.17) is 4.79 Å². The van der Waals surface area contributed by atoms with Gasteiger partial charge in [0.15, 0.2) is 0 Å². The van der Waals surface area contributed by atoms with E-state index in [1.807, 2.05) is 0 Å². The summed E-state index contributed by atoms with van der Waals surface area (Å²) < 4.78 is 0. The molecule has 2 N–H and O–H groups in total. The summed E-state index contributed by atoms with van der Waals surface area (Å²) in [6.45, 7) is 6.00. The molecule has 0 aliphatic carbocycles. The van der Waals surface area contributed by atoms with E-state index < -0.39 is 5.24 Å². The normalized spacial score (nSPS) is 5.90. The Bertz CT molecular complexity index is 63.9. The van der Waals surface area contributed by atoms with Crippen LogP contribution in [0.1, 0.15) is 0 Å². The highest BCUT2D eigenvalue weighted by atomic mass is 33.1. The van der Waals surface area contributed by atoms with Crippen LogP contribution in [0, 0.1) is 0 Å². The lowest BCUT2D eigenvalue weighted by atomic mass is 11.3. The average molecular weight is 199 g/mol. The van der Waals surface area contributed by atoms with Gasteiger partial charge in [0.2, 0.25) is 0 Å². The fourth-order valence-corrected chi connectivity index (χ4v) is 0. The van der Waals surface area contributed by atoms with Crippen molar-refractivity contribution in [3.63, 3.8) is 0 Å². The average Bonchev–Trinajstić information content (AvgIpc) is 1.91. The van der Waals surface area contributed by atoms with Gasteiger partial charge in [-0.1, -0.05) is 34.2 Å². The van der Waals surface area contributed by atoms with E-state index in [-0.39, 0.29) is 0 Å². The first kappa shape index (κ1) is 16.7. The molecule has 0 atom stereocenters. The van der Waals surface area contributed by atoms with Crippen molar-refractivity contribution in [3.05, 3.63) is 13.2 Å². The van der Waals surface area contributed by atoms with Crippen LogP contribution in [0.3, 0.4) is 0 Å². The van der Waals surface area contributed by atoms with Gasteiger partial charge in [0.25, 0.3) is 5.24 Å². The largest absolute Gasteiger partial charge is 0.361 e. The highest BCUT2D eigenvalue weighted by molar-refractivity contribution is 8.76. The van der Waals surface area contributed by atoms with Crippen molar-refractivity contribution in [1.29, 1.82) is 0 Å². The van der Waals surface area contributed by atoms with Crippen LogP contribution in [0.5, 0.6) is 0 Å². The summed E-state index contributed by atoms with van der Waals surface area (Å²) in [7, 11) is 3.55. The minimum atomic E-state index is -0.639. The van der Waals surface area contributed by atoms with E-state index in [1.165, 1.54) is 0 Å². The van der Waals surface area contributed by atoms with E-state index in [9.17, 15) is 0 Å². The minimum absolute atomic E-state index is 0.639. The van der Waals surface area contributed by atoms with Crippen LogP contribution in [0.25, 0.3) is 0 Å². The molecule has 2 nitrogen and oxygen atoms in total.